The highest BCUT2D eigenvalue weighted by Crippen LogP contribution is 2.44. The molecule has 8 nitrogen and oxygen atoms in total. The van der Waals surface area contributed by atoms with Gasteiger partial charge in [-0.2, -0.15) is 0 Å². The molecule has 0 aromatic heterocycles. The summed E-state index contributed by atoms with van der Waals surface area (Å²) >= 11 is 0. The van der Waals surface area contributed by atoms with Crippen molar-refractivity contribution in [2.45, 2.75) is 155 Å². The Kier molecular flexibility index (Phi) is 10.8. The molecule has 2 atom stereocenters. The third-order valence-electron chi connectivity index (χ3n) is 10.3. The Bertz CT molecular complexity index is 1470. The van der Waals surface area contributed by atoms with E-state index in [-0.39, 0.29) is 69.6 Å². The normalized spacial score (nSPS) is 19.4. The van der Waals surface area contributed by atoms with E-state index in [1.807, 2.05) is 107 Å². The van der Waals surface area contributed by atoms with E-state index in [0.29, 0.717) is 25.9 Å². The number of phenolic OH excluding ortho intramolecular Hbond substituents is 2. The maximum atomic E-state index is 13.6. The zero-order valence-corrected chi connectivity index (χ0v) is 32.5. The number of carbonyl (C=O) groups excluding carboxylic acids is 4. The van der Waals surface area contributed by atoms with Crippen molar-refractivity contribution in [1.82, 2.24) is 9.80 Å². The molecule has 8 heteroatoms. The van der Waals surface area contributed by atoms with Gasteiger partial charge in [-0.15, -0.1) is 0 Å². The van der Waals surface area contributed by atoms with E-state index >= 15 is 0 Å². The standard InChI is InChI=1S/C42H60N2O6/c1-39(2,3)29-19-25(20-30(35(29)47)40(4,5)6)27-23-33(45)43(37(27)49)17-15-13-14-16-18-44-34(46)24-28(38(44)50)26-21-31(41(7,8)9)36(48)32(22-26)42(10,11)12/h19-22,27-28,47-48H,13-18,23-24H2,1-12H3. The molecule has 0 saturated carbocycles. The third-order valence-corrected chi connectivity index (χ3v) is 10.3. The summed E-state index contributed by atoms with van der Waals surface area (Å²) in [6.45, 7) is 25.0. The number of rotatable bonds is 9. The maximum absolute atomic E-state index is 13.6. The number of carbonyl (C=O) groups is 4. The average Bonchev–Trinajstić information content (AvgIpc) is 3.41. The van der Waals surface area contributed by atoms with Crippen molar-refractivity contribution in [3.8, 4) is 11.5 Å². The minimum absolute atomic E-state index is 0.118. The number of hydrogen-bond donors (Lipinski definition) is 2. The SMILES string of the molecule is CC(C)(C)c1cc(C2CC(=O)N(CCCCCCN3C(=O)CC(c4cc(C(C)(C)C)c(O)c(C(C)(C)C)c4)C3=O)C2=O)cc(C(C)(C)C)c1O. The summed E-state index contributed by atoms with van der Waals surface area (Å²) < 4.78 is 0. The Morgan fingerprint density at radius 2 is 0.760 bits per heavy atom. The van der Waals surface area contributed by atoms with Gasteiger partial charge in [0.15, 0.2) is 0 Å². The zero-order valence-electron chi connectivity index (χ0n) is 32.5. The Morgan fingerprint density at radius 1 is 0.500 bits per heavy atom. The molecule has 2 aromatic rings. The van der Waals surface area contributed by atoms with Crippen LogP contribution in [0.2, 0.25) is 0 Å². The highest BCUT2D eigenvalue weighted by molar-refractivity contribution is 6.07. The molecule has 2 aliphatic heterocycles. The molecule has 50 heavy (non-hydrogen) atoms. The highest BCUT2D eigenvalue weighted by atomic mass is 16.3. The van der Waals surface area contributed by atoms with Crippen molar-refractivity contribution in [3.05, 3.63) is 57.6 Å². The molecule has 2 unspecified atom stereocenters. The van der Waals surface area contributed by atoms with Crippen molar-refractivity contribution in [2.75, 3.05) is 13.1 Å². The smallest absolute Gasteiger partial charge is 0.237 e. The number of phenols is 2. The monoisotopic (exact) mass is 688 g/mol. The van der Waals surface area contributed by atoms with Gasteiger partial charge in [-0.05, 0) is 67.9 Å². The lowest BCUT2D eigenvalue weighted by molar-refractivity contribution is -0.140. The highest BCUT2D eigenvalue weighted by Gasteiger charge is 2.42. The molecule has 4 rings (SSSR count). The third kappa shape index (κ3) is 8.10. The molecule has 0 aliphatic carbocycles. The summed E-state index contributed by atoms with van der Waals surface area (Å²) in [6, 6.07) is 7.57. The summed E-state index contributed by atoms with van der Waals surface area (Å²) in [5.41, 5.74) is 3.27. The summed E-state index contributed by atoms with van der Waals surface area (Å²) in [4.78, 5) is 55.9. The van der Waals surface area contributed by atoms with E-state index in [9.17, 15) is 29.4 Å². The summed E-state index contributed by atoms with van der Waals surface area (Å²) in [7, 11) is 0. The van der Waals surface area contributed by atoms with Gasteiger partial charge in [0, 0.05) is 25.9 Å². The predicted molar refractivity (Wildman–Crippen MR) is 198 cm³/mol. The lowest BCUT2D eigenvalue weighted by Gasteiger charge is -2.29. The lowest BCUT2D eigenvalue weighted by atomic mass is 9.77. The van der Waals surface area contributed by atoms with Crippen LogP contribution < -0.4 is 0 Å². The Morgan fingerprint density at radius 3 is 1.00 bits per heavy atom. The van der Waals surface area contributed by atoms with Crippen molar-refractivity contribution < 1.29 is 29.4 Å². The molecule has 0 bridgehead atoms. The first-order chi connectivity index (χ1) is 22.8. The molecule has 2 aliphatic rings. The molecule has 2 saturated heterocycles. The van der Waals surface area contributed by atoms with Gasteiger partial charge in [0.2, 0.25) is 23.6 Å². The summed E-state index contributed by atoms with van der Waals surface area (Å²) in [6.07, 6.45) is 3.03. The molecule has 4 amide bonds. The van der Waals surface area contributed by atoms with Crippen molar-refractivity contribution >= 4 is 23.6 Å². The zero-order chi connectivity index (χ0) is 37.7. The van der Waals surface area contributed by atoms with Crippen LogP contribution in [0.3, 0.4) is 0 Å². The average molecular weight is 689 g/mol. The van der Waals surface area contributed by atoms with E-state index in [2.05, 4.69) is 0 Å². The number of benzene rings is 2. The molecule has 2 heterocycles. The van der Waals surface area contributed by atoms with Crippen LogP contribution in [0.25, 0.3) is 0 Å². The molecule has 2 aromatic carbocycles. The topological polar surface area (TPSA) is 115 Å². The summed E-state index contributed by atoms with van der Waals surface area (Å²) in [5.74, 6) is -1.40. The van der Waals surface area contributed by atoms with Gasteiger partial charge in [0.1, 0.15) is 11.5 Å². The van der Waals surface area contributed by atoms with E-state index in [0.717, 1.165) is 46.2 Å². The summed E-state index contributed by atoms with van der Waals surface area (Å²) in [5, 5.41) is 22.2. The Balaban J connectivity index is 1.35. The Labute approximate surface area is 299 Å². The quantitative estimate of drug-likeness (QED) is 0.203. The van der Waals surface area contributed by atoms with Gasteiger partial charge in [0.25, 0.3) is 0 Å². The number of nitrogens with zero attached hydrogens (tertiary/aromatic N) is 2. The minimum Gasteiger partial charge on any atom is -0.507 e. The van der Waals surface area contributed by atoms with Gasteiger partial charge in [-0.3, -0.25) is 29.0 Å². The van der Waals surface area contributed by atoms with Crippen LogP contribution in [-0.4, -0.2) is 56.7 Å². The first-order valence-corrected chi connectivity index (χ1v) is 18.3. The van der Waals surface area contributed by atoms with Crippen LogP contribution >= 0.6 is 0 Å². The van der Waals surface area contributed by atoms with Crippen molar-refractivity contribution in [2.24, 2.45) is 0 Å². The van der Waals surface area contributed by atoms with Gasteiger partial charge in [-0.1, -0.05) is 120 Å². The number of unbranched alkanes of at least 4 members (excludes halogenated alkanes) is 3. The number of hydrogen-bond acceptors (Lipinski definition) is 6. The fraction of sp³-hybridized carbons (Fsp3) is 0.619. The first kappa shape index (κ1) is 39.1. The van der Waals surface area contributed by atoms with Crippen LogP contribution in [0.15, 0.2) is 24.3 Å². The number of imide groups is 2. The molecule has 0 radical (unpaired) electrons. The van der Waals surface area contributed by atoms with E-state index in [4.69, 9.17) is 0 Å². The van der Waals surface area contributed by atoms with Crippen LogP contribution in [0.4, 0.5) is 0 Å². The van der Waals surface area contributed by atoms with E-state index in [1.54, 1.807) is 0 Å². The predicted octanol–water partition coefficient (Wildman–Crippen LogP) is 8.23. The van der Waals surface area contributed by atoms with Crippen LogP contribution in [-0.2, 0) is 40.8 Å². The largest absolute Gasteiger partial charge is 0.507 e. The second kappa shape index (κ2) is 13.8. The van der Waals surface area contributed by atoms with Gasteiger partial charge < -0.3 is 10.2 Å². The van der Waals surface area contributed by atoms with Crippen LogP contribution in [0.1, 0.15) is 167 Å². The lowest BCUT2D eigenvalue weighted by Crippen LogP contribution is -2.32. The van der Waals surface area contributed by atoms with E-state index < -0.39 is 11.8 Å². The molecule has 2 fully saturated rings. The fourth-order valence-corrected chi connectivity index (χ4v) is 7.25. The molecular formula is C42H60N2O6. The first-order valence-electron chi connectivity index (χ1n) is 18.3. The van der Waals surface area contributed by atoms with Gasteiger partial charge in [0.05, 0.1) is 11.8 Å². The van der Waals surface area contributed by atoms with Crippen molar-refractivity contribution in [1.29, 1.82) is 0 Å². The second-order valence-electron chi connectivity index (χ2n) is 18.6. The maximum Gasteiger partial charge on any atom is 0.237 e. The fourth-order valence-electron chi connectivity index (χ4n) is 7.25. The van der Waals surface area contributed by atoms with Crippen LogP contribution in [0, 0.1) is 0 Å². The number of amides is 4. The van der Waals surface area contributed by atoms with Crippen LogP contribution in [0.5, 0.6) is 11.5 Å². The van der Waals surface area contributed by atoms with Gasteiger partial charge in [-0.25, -0.2) is 0 Å². The van der Waals surface area contributed by atoms with Gasteiger partial charge >= 0.3 is 0 Å². The van der Waals surface area contributed by atoms with Crippen molar-refractivity contribution in [3.63, 3.8) is 0 Å². The second-order valence-corrected chi connectivity index (χ2v) is 18.6. The minimum atomic E-state index is -0.571. The van der Waals surface area contributed by atoms with E-state index in [1.165, 1.54) is 9.80 Å². The number of likely N-dealkylation sites (tertiary alicyclic amines) is 2. The number of aromatic hydroxyl groups is 2. The molecule has 0 spiro atoms. The molecular weight excluding hydrogens is 628 g/mol. The molecule has 2 N–H and O–H groups in total. The Hall–Kier alpha value is -3.68. The molecule has 274 valence electrons.